The van der Waals surface area contributed by atoms with E-state index in [9.17, 15) is 9.59 Å². The van der Waals surface area contributed by atoms with Crippen molar-refractivity contribution >= 4 is 11.8 Å². The minimum Gasteiger partial charge on any atom is -0.378 e. The van der Waals surface area contributed by atoms with Gasteiger partial charge in [-0.25, -0.2) is 0 Å². The van der Waals surface area contributed by atoms with E-state index in [1.54, 1.807) is 0 Å². The van der Waals surface area contributed by atoms with Gasteiger partial charge in [-0.05, 0) is 26.3 Å². The van der Waals surface area contributed by atoms with Crippen LogP contribution in [0, 0.1) is 11.8 Å². The number of ether oxygens (including phenoxy) is 2. The minimum atomic E-state index is -0.0859. The molecule has 0 unspecified atom stereocenters. The fourth-order valence-corrected chi connectivity index (χ4v) is 4.11. The zero-order valence-corrected chi connectivity index (χ0v) is 14.6. The van der Waals surface area contributed by atoms with Gasteiger partial charge in [-0.2, -0.15) is 0 Å². The molecule has 3 rings (SSSR count). The van der Waals surface area contributed by atoms with E-state index in [1.165, 1.54) is 0 Å². The van der Waals surface area contributed by atoms with E-state index in [4.69, 9.17) is 9.47 Å². The van der Waals surface area contributed by atoms with Gasteiger partial charge in [-0.1, -0.05) is 0 Å². The van der Waals surface area contributed by atoms with Crippen molar-refractivity contribution in [3.63, 3.8) is 0 Å². The third-order valence-electron chi connectivity index (χ3n) is 5.21. The average Bonchev–Trinajstić information content (AvgIpc) is 3.11. The van der Waals surface area contributed by atoms with E-state index in [1.807, 2.05) is 18.7 Å². The maximum Gasteiger partial charge on any atom is 0.225 e. The summed E-state index contributed by atoms with van der Waals surface area (Å²) in [4.78, 5) is 26.5. The van der Waals surface area contributed by atoms with Crippen LogP contribution in [0.3, 0.4) is 0 Å². The molecule has 0 aliphatic carbocycles. The van der Waals surface area contributed by atoms with Gasteiger partial charge < -0.3 is 25.0 Å². The SMILES string of the molecule is CC(C)NC(=O)C[C@@H]1CN[C@@H]2CO[C@@H](CC(=O)N3CCOCC3)[C@H]12. The number of nitrogens with zero attached hydrogens (tertiary/aromatic N) is 1. The van der Waals surface area contributed by atoms with Crippen molar-refractivity contribution in [2.45, 2.75) is 44.9 Å². The third kappa shape index (κ3) is 4.07. The lowest BCUT2D eigenvalue weighted by Crippen LogP contribution is -2.43. The monoisotopic (exact) mass is 339 g/mol. The highest BCUT2D eigenvalue weighted by Gasteiger charge is 2.47. The Labute approximate surface area is 143 Å². The standard InChI is InChI=1S/C17H29N3O4/c1-11(2)19-15(21)7-12-9-18-13-10-24-14(17(12)13)8-16(22)20-3-5-23-6-4-20/h11-14,17-18H,3-10H2,1-2H3,(H,19,21)/t12-,13-,14+,17-/m1/s1. The molecule has 3 fully saturated rings. The Morgan fingerprint density at radius 3 is 2.71 bits per heavy atom. The molecule has 24 heavy (non-hydrogen) atoms. The summed E-state index contributed by atoms with van der Waals surface area (Å²) in [7, 11) is 0. The molecule has 0 radical (unpaired) electrons. The van der Waals surface area contributed by atoms with Gasteiger partial charge in [0.15, 0.2) is 0 Å². The molecule has 0 aromatic rings. The molecule has 4 atom stereocenters. The summed E-state index contributed by atoms with van der Waals surface area (Å²) in [5.74, 6) is 0.704. The van der Waals surface area contributed by atoms with Crippen LogP contribution in [0.5, 0.6) is 0 Å². The first-order valence-corrected chi connectivity index (χ1v) is 9.04. The Hall–Kier alpha value is -1.18. The van der Waals surface area contributed by atoms with Crippen LogP contribution in [-0.2, 0) is 19.1 Å². The molecule has 7 nitrogen and oxygen atoms in total. The number of amides is 2. The second-order valence-electron chi connectivity index (χ2n) is 7.35. The molecule has 2 amide bonds. The summed E-state index contributed by atoms with van der Waals surface area (Å²) in [6.45, 7) is 7.95. The molecule has 0 aromatic carbocycles. The van der Waals surface area contributed by atoms with E-state index in [0.29, 0.717) is 45.8 Å². The molecule has 0 saturated carbocycles. The zero-order chi connectivity index (χ0) is 17.1. The summed E-state index contributed by atoms with van der Waals surface area (Å²) in [6.07, 6.45) is 0.820. The van der Waals surface area contributed by atoms with Gasteiger partial charge in [0, 0.05) is 37.5 Å². The molecule has 0 bridgehead atoms. The molecular weight excluding hydrogens is 310 g/mol. The lowest BCUT2D eigenvalue weighted by molar-refractivity contribution is -0.138. The predicted octanol–water partition coefficient (Wildman–Crippen LogP) is -0.247. The molecular formula is C17H29N3O4. The number of morpholine rings is 1. The summed E-state index contributed by atoms with van der Waals surface area (Å²) in [5, 5.41) is 6.42. The molecule has 0 aromatic heterocycles. The second kappa shape index (κ2) is 7.80. The largest absolute Gasteiger partial charge is 0.378 e. The molecule has 3 heterocycles. The number of fused-ring (bicyclic) bond motifs is 1. The van der Waals surface area contributed by atoms with Crippen LogP contribution >= 0.6 is 0 Å². The molecule has 7 heteroatoms. The Balaban J connectivity index is 1.56. The van der Waals surface area contributed by atoms with Crippen LogP contribution in [-0.4, -0.2) is 74.4 Å². The quantitative estimate of drug-likeness (QED) is 0.722. The van der Waals surface area contributed by atoms with Crippen molar-refractivity contribution in [1.29, 1.82) is 0 Å². The van der Waals surface area contributed by atoms with E-state index in [0.717, 1.165) is 6.54 Å². The third-order valence-corrected chi connectivity index (χ3v) is 5.21. The van der Waals surface area contributed by atoms with E-state index in [-0.39, 0.29) is 41.8 Å². The van der Waals surface area contributed by atoms with Crippen LogP contribution in [0.4, 0.5) is 0 Å². The van der Waals surface area contributed by atoms with Gasteiger partial charge in [0.1, 0.15) is 0 Å². The van der Waals surface area contributed by atoms with Crippen molar-refractivity contribution in [3.05, 3.63) is 0 Å². The fraction of sp³-hybridized carbons (Fsp3) is 0.882. The number of nitrogens with one attached hydrogen (secondary N) is 2. The molecule has 2 N–H and O–H groups in total. The van der Waals surface area contributed by atoms with E-state index in [2.05, 4.69) is 10.6 Å². The Morgan fingerprint density at radius 1 is 1.25 bits per heavy atom. The Morgan fingerprint density at radius 2 is 2.00 bits per heavy atom. The van der Waals surface area contributed by atoms with Crippen LogP contribution in [0.15, 0.2) is 0 Å². The van der Waals surface area contributed by atoms with Crippen molar-refractivity contribution in [1.82, 2.24) is 15.5 Å². The highest BCUT2D eigenvalue weighted by Crippen LogP contribution is 2.36. The first-order valence-electron chi connectivity index (χ1n) is 9.04. The van der Waals surface area contributed by atoms with Crippen molar-refractivity contribution in [3.8, 4) is 0 Å². The first kappa shape index (κ1) is 17.6. The van der Waals surface area contributed by atoms with Gasteiger partial charge in [0.2, 0.25) is 11.8 Å². The smallest absolute Gasteiger partial charge is 0.225 e. The van der Waals surface area contributed by atoms with Crippen molar-refractivity contribution in [2.75, 3.05) is 39.5 Å². The topological polar surface area (TPSA) is 79.9 Å². The van der Waals surface area contributed by atoms with Gasteiger partial charge in [0.25, 0.3) is 0 Å². The number of carbonyl (C=O) groups is 2. The van der Waals surface area contributed by atoms with Crippen LogP contribution in [0.25, 0.3) is 0 Å². The lowest BCUT2D eigenvalue weighted by atomic mass is 9.84. The normalized spacial score (nSPS) is 32.9. The maximum absolute atomic E-state index is 12.5. The van der Waals surface area contributed by atoms with Crippen molar-refractivity contribution < 1.29 is 19.1 Å². The molecule has 3 aliphatic rings. The average molecular weight is 339 g/mol. The number of hydrogen-bond donors (Lipinski definition) is 2. The summed E-state index contributed by atoms with van der Waals surface area (Å²) in [6, 6.07) is 0.422. The van der Waals surface area contributed by atoms with E-state index < -0.39 is 0 Å². The zero-order valence-electron chi connectivity index (χ0n) is 14.6. The molecule has 3 saturated heterocycles. The Bertz CT molecular complexity index is 465. The minimum absolute atomic E-state index is 0.0857. The van der Waals surface area contributed by atoms with Crippen LogP contribution in [0.2, 0.25) is 0 Å². The molecule has 3 aliphatic heterocycles. The van der Waals surface area contributed by atoms with Gasteiger partial charge in [-0.3, -0.25) is 9.59 Å². The number of hydrogen-bond acceptors (Lipinski definition) is 5. The Kier molecular flexibility index (Phi) is 5.73. The van der Waals surface area contributed by atoms with Gasteiger partial charge >= 0.3 is 0 Å². The summed E-state index contributed by atoms with van der Waals surface area (Å²) >= 11 is 0. The van der Waals surface area contributed by atoms with Crippen molar-refractivity contribution in [2.24, 2.45) is 11.8 Å². The molecule has 136 valence electrons. The first-order chi connectivity index (χ1) is 11.5. The van der Waals surface area contributed by atoms with Gasteiger partial charge in [0.05, 0.1) is 32.3 Å². The van der Waals surface area contributed by atoms with Crippen LogP contribution in [0.1, 0.15) is 26.7 Å². The number of rotatable bonds is 5. The van der Waals surface area contributed by atoms with Gasteiger partial charge in [-0.15, -0.1) is 0 Å². The summed E-state index contributed by atoms with van der Waals surface area (Å²) in [5.41, 5.74) is 0. The highest BCUT2D eigenvalue weighted by molar-refractivity contribution is 5.77. The predicted molar refractivity (Wildman–Crippen MR) is 88.4 cm³/mol. The molecule has 0 spiro atoms. The lowest BCUT2D eigenvalue weighted by Gasteiger charge is -2.29. The van der Waals surface area contributed by atoms with E-state index >= 15 is 0 Å². The highest BCUT2D eigenvalue weighted by atomic mass is 16.5. The fourth-order valence-electron chi connectivity index (χ4n) is 4.11. The maximum atomic E-state index is 12.5. The number of carbonyl (C=O) groups excluding carboxylic acids is 2. The van der Waals surface area contributed by atoms with Crippen LogP contribution < -0.4 is 10.6 Å². The second-order valence-corrected chi connectivity index (χ2v) is 7.35. The summed E-state index contributed by atoms with van der Waals surface area (Å²) < 4.78 is 11.2.